The van der Waals surface area contributed by atoms with Crippen LogP contribution in [-0.4, -0.2) is 10.9 Å². The summed E-state index contributed by atoms with van der Waals surface area (Å²) in [6, 6.07) is 10.4. The van der Waals surface area contributed by atoms with Gasteiger partial charge in [0.1, 0.15) is 11.6 Å². The number of aromatic amines is 1. The first-order valence-electron chi connectivity index (χ1n) is 6.85. The van der Waals surface area contributed by atoms with Gasteiger partial charge in [-0.25, -0.2) is 8.78 Å². The van der Waals surface area contributed by atoms with E-state index in [1.807, 2.05) is 6.92 Å². The highest BCUT2D eigenvalue weighted by atomic mass is 19.1. The monoisotopic (exact) mass is 300 g/mol. The predicted molar refractivity (Wildman–Crippen MR) is 81.7 cm³/mol. The Labute approximate surface area is 126 Å². The number of halogens is 2. The van der Waals surface area contributed by atoms with E-state index in [4.69, 9.17) is 0 Å². The number of rotatable bonds is 3. The number of fused-ring (bicyclic) bond motifs is 1. The summed E-state index contributed by atoms with van der Waals surface area (Å²) in [4.78, 5) is 15.2. The number of benzene rings is 2. The Bertz CT molecular complexity index is 855. The van der Waals surface area contributed by atoms with Crippen LogP contribution in [0.5, 0.6) is 0 Å². The van der Waals surface area contributed by atoms with Gasteiger partial charge in [-0.3, -0.25) is 4.79 Å². The standard InChI is InChI=1S/C17H14F2N2O/c1-10-12(13-8-11(18)6-7-15(13)20-10)9-17(22)21-16-5-3-2-4-14(16)19/h2-8,20H,9H2,1H3,(H,21,22). The van der Waals surface area contributed by atoms with E-state index in [2.05, 4.69) is 10.3 Å². The van der Waals surface area contributed by atoms with E-state index in [-0.39, 0.29) is 23.8 Å². The van der Waals surface area contributed by atoms with Crippen LogP contribution in [0, 0.1) is 18.6 Å². The van der Waals surface area contributed by atoms with Gasteiger partial charge in [-0.15, -0.1) is 0 Å². The fraction of sp³-hybridized carbons (Fsp3) is 0.118. The topological polar surface area (TPSA) is 44.9 Å². The molecular weight excluding hydrogens is 286 g/mol. The molecule has 3 aromatic rings. The average Bonchev–Trinajstić information content (AvgIpc) is 2.77. The molecule has 3 rings (SSSR count). The molecule has 22 heavy (non-hydrogen) atoms. The molecule has 112 valence electrons. The molecule has 0 atom stereocenters. The van der Waals surface area contributed by atoms with Crippen LogP contribution in [0.4, 0.5) is 14.5 Å². The highest BCUT2D eigenvalue weighted by molar-refractivity contribution is 5.96. The number of para-hydroxylation sites is 1. The van der Waals surface area contributed by atoms with Gasteiger partial charge in [0.2, 0.25) is 5.91 Å². The Kier molecular flexibility index (Phi) is 3.63. The maximum Gasteiger partial charge on any atom is 0.228 e. The van der Waals surface area contributed by atoms with Gasteiger partial charge in [0.05, 0.1) is 12.1 Å². The van der Waals surface area contributed by atoms with Crippen molar-refractivity contribution in [1.29, 1.82) is 0 Å². The number of aryl methyl sites for hydroxylation is 1. The molecule has 0 aliphatic heterocycles. The zero-order chi connectivity index (χ0) is 15.7. The average molecular weight is 300 g/mol. The molecule has 2 N–H and O–H groups in total. The van der Waals surface area contributed by atoms with Gasteiger partial charge < -0.3 is 10.3 Å². The minimum Gasteiger partial charge on any atom is -0.358 e. The molecule has 1 amide bonds. The minimum atomic E-state index is -0.488. The molecule has 0 aliphatic carbocycles. The second-order valence-electron chi connectivity index (χ2n) is 5.12. The lowest BCUT2D eigenvalue weighted by atomic mass is 10.1. The molecule has 0 bridgehead atoms. The molecule has 1 heterocycles. The number of amides is 1. The van der Waals surface area contributed by atoms with Crippen molar-refractivity contribution in [2.24, 2.45) is 0 Å². The summed E-state index contributed by atoms with van der Waals surface area (Å²) in [5.74, 6) is -1.20. The van der Waals surface area contributed by atoms with Crippen LogP contribution < -0.4 is 5.32 Å². The summed E-state index contributed by atoms with van der Waals surface area (Å²) in [5, 5.41) is 3.20. The molecule has 5 heteroatoms. The molecule has 0 saturated carbocycles. The number of anilines is 1. The molecule has 0 aliphatic rings. The SMILES string of the molecule is Cc1[nH]c2ccc(F)cc2c1CC(=O)Nc1ccccc1F. The summed E-state index contributed by atoms with van der Waals surface area (Å²) in [6.45, 7) is 1.82. The second-order valence-corrected chi connectivity index (χ2v) is 5.12. The highest BCUT2D eigenvalue weighted by Crippen LogP contribution is 2.24. The summed E-state index contributed by atoms with van der Waals surface area (Å²) in [5.41, 5.74) is 2.41. The molecule has 1 aromatic heterocycles. The van der Waals surface area contributed by atoms with E-state index in [1.165, 1.54) is 24.3 Å². The third-order valence-corrected chi connectivity index (χ3v) is 3.57. The Morgan fingerprint density at radius 1 is 1.18 bits per heavy atom. The third-order valence-electron chi connectivity index (χ3n) is 3.57. The maximum atomic E-state index is 13.5. The number of H-pyrrole nitrogens is 1. The van der Waals surface area contributed by atoms with Crippen molar-refractivity contribution in [1.82, 2.24) is 4.98 Å². The van der Waals surface area contributed by atoms with Gasteiger partial charge in [-0.1, -0.05) is 12.1 Å². The molecule has 0 fully saturated rings. The number of carbonyl (C=O) groups is 1. The molecule has 0 unspecified atom stereocenters. The van der Waals surface area contributed by atoms with Crippen LogP contribution in [0.25, 0.3) is 10.9 Å². The van der Waals surface area contributed by atoms with Gasteiger partial charge >= 0.3 is 0 Å². The van der Waals surface area contributed by atoms with Gasteiger partial charge in [0.15, 0.2) is 0 Å². The minimum absolute atomic E-state index is 0.0453. The highest BCUT2D eigenvalue weighted by Gasteiger charge is 2.14. The number of hydrogen-bond acceptors (Lipinski definition) is 1. The summed E-state index contributed by atoms with van der Waals surface area (Å²) in [7, 11) is 0. The number of hydrogen-bond donors (Lipinski definition) is 2. The lowest BCUT2D eigenvalue weighted by molar-refractivity contribution is -0.115. The Balaban J connectivity index is 1.87. The van der Waals surface area contributed by atoms with E-state index in [0.29, 0.717) is 10.9 Å². The van der Waals surface area contributed by atoms with E-state index in [1.54, 1.807) is 18.2 Å². The van der Waals surface area contributed by atoms with Crippen molar-refractivity contribution in [3.05, 3.63) is 65.4 Å². The number of aromatic nitrogens is 1. The van der Waals surface area contributed by atoms with Crippen LogP contribution >= 0.6 is 0 Å². The number of nitrogens with one attached hydrogen (secondary N) is 2. The Hall–Kier alpha value is -2.69. The van der Waals surface area contributed by atoms with Crippen molar-refractivity contribution >= 4 is 22.5 Å². The maximum absolute atomic E-state index is 13.5. The summed E-state index contributed by atoms with van der Waals surface area (Å²) >= 11 is 0. The lowest BCUT2D eigenvalue weighted by Gasteiger charge is -2.06. The van der Waals surface area contributed by atoms with E-state index < -0.39 is 5.82 Å². The van der Waals surface area contributed by atoms with Crippen LogP contribution in [0.1, 0.15) is 11.3 Å². The van der Waals surface area contributed by atoms with E-state index in [9.17, 15) is 13.6 Å². The molecule has 2 aromatic carbocycles. The largest absolute Gasteiger partial charge is 0.358 e. The molecule has 0 saturated heterocycles. The van der Waals surface area contributed by atoms with Crippen molar-refractivity contribution in [2.45, 2.75) is 13.3 Å². The lowest BCUT2D eigenvalue weighted by Crippen LogP contribution is -2.15. The van der Waals surface area contributed by atoms with Crippen molar-refractivity contribution in [3.63, 3.8) is 0 Å². The molecule has 0 spiro atoms. The first-order valence-corrected chi connectivity index (χ1v) is 6.85. The first kappa shape index (κ1) is 14.3. The number of carbonyl (C=O) groups excluding carboxylic acids is 1. The first-order chi connectivity index (χ1) is 10.5. The van der Waals surface area contributed by atoms with Gasteiger partial charge in [-0.2, -0.15) is 0 Å². The van der Waals surface area contributed by atoms with Crippen LogP contribution in [0.3, 0.4) is 0 Å². The quantitative estimate of drug-likeness (QED) is 0.756. The van der Waals surface area contributed by atoms with Crippen molar-refractivity contribution in [3.8, 4) is 0 Å². The molecule has 0 radical (unpaired) electrons. The molecule has 3 nitrogen and oxygen atoms in total. The van der Waals surface area contributed by atoms with Gasteiger partial charge in [-0.05, 0) is 42.8 Å². The van der Waals surface area contributed by atoms with Crippen LogP contribution in [0.15, 0.2) is 42.5 Å². The molecular formula is C17H14F2N2O. The van der Waals surface area contributed by atoms with E-state index >= 15 is 0 Å². The van der Waals surface area contributed by atoms with Crippen LogP contribution in [0.2, 0.25) is 0 Å². The normalized spacial score (nSPS) is 10.9. The fourth-order valence-corrected chi connectivity index (χ4v) is 2.50. The third kappa shape index (κ3) is 2.70. The zero-order valence-electron chi connectivity index (χ0n) is 11.9. The van der Waals surface area contributed by atoms with Crippen LogP contribution in [-0.2, 0) is 11.2 Å². The Morgan fingerprint density at radius 2 is 1.95 bits per heavy atom. The van der Waals surface area contributed by atoms with Gasteiger partial charge in [0.25, 0.3) is 0 Å². The van der Waals surface area contributed by atoms with Crippen molar-refractivity contribution in [2.75, 3.05) is 5.32 Å². The van der Waals surface area contributed by atoms with E-state index in [0.717, 1.165) is 11.2 Å². The summed E-state index contributed by atoms with van der Waals surface area (Å²) in [6.07, 6.45) is 0.0453. The second kappa shape index (κ2) is 5.60. The zero-order valence-corrected chi connectivity index (χ0v) is 11.9. The van der Waals surface area contributed by atoms with Crippen molar-refractivity contribution < 1.29 is 13.6 Å². The van der Waals surface area contributed by atoms with Gasteiger partial charge in [0, 0.05) is 16.6 Å². The summed E-state index contributed by atoms with van der Waals surface area (Å²) < 4.78 is 26.9. The fourth-order valence-electron chi connectivity index (χ4n) is 2.50. The predicted octanol–water partition coefficient (Wildman–Crippen LogP) is 3.94. The Morgan fingerprint density at radius 3 is 2.73 bits per heavy atom. The smallest absolute Gasteiger partial charge is 0.228 e.